The zero-order valence-electron chi connectivity index (χ0n) is 16.7. The molecule has 30 heavy (non-hydrogen) atoms. The van der Waals surface area contributed by atoms with Gasteiger partial charge >= 0.3 is 0 Å². The van der Waals surface area contributed by atoms with E-state index >= 15 is 0 Å². The number of hydrogen-bond donors (Lipinski definition) is 2. The molecular formula is C21H23ClF2N4O2. The van der Waals surface area contributed by atoms with E-state index in [9.17, 15) is 13.6 Å². The van der Waals surface area contributed by atoms with E-state index < -0.39 is 23.6 Å². The molecule has 160 valence electrons. The van der Waals surface area contributed by atoms with Crippen LogP contribution in [-0.2, 0) is 22.6 Å². The van der Waals surface area contributed by atoms with E-state index in [1.165, 1.54) is 6.07 Å². The molecule has 0 saturated heterocycles. The monoisotopic (exact) mass is 436 g/mol. The number of nitrogens with zero attached hydrogens (tertiary/aromatic N) is 2. The number of rotatable bonds is 9. The average Bonchev–Trinajstić information content (AvgIpc) is 3.04. The second-order valence-electron chi connectivity index (χ2n) is 6.83. The third-order valence-electron chi connectivity index (χ3n) is 4.80. The van der Waals surface area contributed by atoms with Gasteiger partial charge in [-0.25, -0.2) is 13.8 Å². The molecule has 0 aliphatic carbocycles. The van der Waals surface area contributed by atoms with E-state index in [0.717, 1.165) is 17.6 Å². The summed E-state index contributed by atoms with van der Waals surface area (Å²) >= 11 is 6.42. The van der Waals surface area contributed by atoms with E-state index in [2.05, 4.69) is 10.3 Å². The number of aromatic nitrogens is 2. The van der Waals surface area contributed by atoms with Gasteiger partial charge in [-0.2, -0.15) is 0 Å². The summed E-state index contributed by atoms with van der Waals surface area (Å²) in [5.41, 5.74) is 7.75. The first-order valence-corrected chi connectivity index (χ1v) is 9.94. The Morgan fingerprint density at radius 1 is 1.30 bits per heavy atom. The van der Waals surface area contributed by atoms with Crippen LogP contribution in [0.25, 0.3) is 22.2 Å². The molecule has 9 heteroatoms. The third kappa shape index (κ3) is 4.77. The van der Waals surface area contributed by atoms with Crippen molar-refractivity contribution >= 4 is 28.5 Å². The van der Waals surface area contributed by atoms with Gasteiger partial charge in [-0.05, 0) is 43.7 Å². The number of primary amides is 1. The van der Waals surface area contributed by atoms with Crippen molar-refractivity contribution in [2.24, 2.45) is 5.73 Å². The largest absolute Gasteiger partial charge is 0.380 e. The van der Waals surface area contributed by atoms with E-state index in [1.54, 1.807) is 19.1 Å². The predicted octanol–water partition coefficient (Wildman–Crippen LogP) is 3.63. The molecule has 0 bridgehead atoms. The maximum absolute atomic E-state index is 13.7. The molecule has 1 aromatic heterocycles. The number of carbonyl (C=O) groups excluding carboxylic acids is 1. The van der Waals surface area contributed by atoms with E-state index in [1.807, 2.05) is 11.5 Å². The molecule has 0 fully saturated rings. The minimum absolute atomic E-state index is 0.309. The zero-order chi connectivity index (χ0) is 21.8. The highest BCUT2D eigenvalue weighted by Gasteiger charge is 2.17. The Hall–Kier alpha value is -2.55. The minimum atomic E-state index is -0.946. The van der Waals surface area contributed by atoms with Gasteiger partial charge < -0.3 is 15.0 Å². The summed E-state index contributed by atoms with van der Waals surface area (Å²) in [6.07, 6.45) is 0. The Balaban J connectivity index is 2.05. The summed E-state index contributed by atoms with van der Waals surface area (Å²) in [5, 5.41) is 3.41. The fraction of sp³-hybridized carbons (Fsp3) is 0.333. The van der Waals surface area contributed by atoms with Crippen LogP contribution < -0.4 is 11.1 Å². The summed E-state index contributed by atoms with van der Waals surface area (Å²) in [6.45, 7) is 5.44. The Kier molecular flexibility index (Phi) is 7.02. The van der Waals surface area contributed by atoms with Crippen LogP contribution in [0.1, 0.15) is 19.7 Å². The maximum atomic E-state index is 13.7. The van der Waals surface area contributed by atoms with Crippen molar-refractivity contribution < 1.29 is 18.3 Å². The van der Waals surface area contributed by atoms with Crippen molar-refractivity contribution in [2.45, 2.75) is 33.0 Å². The van der Waals surface area contributed by atoms with Crippen molar-refractivity contribution in [3.63, 3.8) is 0 Å². The molecule has 0 saturated carbocycles. The Morgan fingerprint density at radius 3 is 2.73 bits per heavy atom. The topological polar surface area (TPSA) is 82.2 Å². The van der Waals surface area contributed by atoms with Gasteiger partial charge in [0.2, 0.25) is 5.91 Å². The number of nitrogens with two attached hydrogens (primary N) is 1. The molecule has 3 N–H and O–H groups in total. The number of nitrogens with one attached hydrogen (secondary N) is 1. The van der Waals surface area contributed by atoms with Crippen LogP contribution in [0, 0.1) is 11.6 Å². The third-order valence-corrected chi connectivity index (χ3v) is 5.12. The normalized spacial score (nSPS) is 12.4. The fourth-order valence-corrected chi connectivity index (χ4v) is 3.38. The van der Waals surface area contributed by atoms with Crippen molar-refractivity contribution in [2.75, 3.05) is 13.2 Å². The van der Waals surface area contributed by atoms with Crippen LogP contribution in [-0.4, -0.2) is 34.7 Å². The minimum Gasteiger partial charge on any atom is -0.380 e. The number of halogens is 3. The summed E-state index contributed by atoms with van der Waals surface area (Å²) in [4.78, 5) is 15.9. The number of carbonyl (C=O) groups is 1. The Bertz CT molecular complexity index is 1070. The molecule has 3 aromatic rings. The van der Waals surface area contributed by atoms with Crippen LogP contribution >= 0.6 is 11.6 Å². The van der Waals surface area contributed by atoms with Crippen LogP contribution in [0.4, 0.5) is 8.78 Å². The quantitative estimate of drug-likeness (QED) is 0.502. The fourth-order valence-electron chi connectivity index (χ4n) is 3.11. The van der Waals surface area contributed by atoms with Gasteiger partial charge in [-0.3, -0.25) is 10.1 Å². The number of ether oxygens (including phenoxy) is 1. The molecule has 0 aliphatic heterocycles. The molecule has 0 spiro atoms. The Morgan fingerprint density at radius 2 is 2.07 bits per heavy atom. The van der Waals surface area contributed by atoms with Gasteiger partial charge in [0.15, 0.2) is 11.6 Å². The van der Waals surface area contributed by atoms with Crippen LogP contribution in [0.2, 0.25) is 5.02 Å². The van der Waals surface area contributed by atoms with Crippen molar-refractivity contribution in [3.8, 4) is 11.1 Å². The molecule has 0 radical (unpaired) electrons. The van der Waals surface area contributed by atoms with Crippen molar-refractivity contribution in [1.29, 1.82) is 0 Å². The lowest BCUT2D eigenvalue weighted by molar-refractivity contribution is -0.119. The van der Waals surface area contributed by atoms with Gasteiger partial charge in [-0.15, -0.1) is 0 Å². The number of amides is 1. The first kappa shape index (κ1) is 22.1. The number of imidazole rings is 1. The van der Waals surface area contributed by atoms with Crippen LogP contribution in [0.3, 0.4) is 0 Å². The number of hydrogen-bond acceptors (Lipinski definition) is 4. The second-order valence-corrected chi connectivity index (χ2v) is 7.24. The van der Waals surface area contributed by atoms with E-state index in [0.29, 0.717) is 53.8 Å². The van der Waals surface area contributed by atoms with Gasteiger partial charge in [0.25, 0.3) is 0 Å². The molecule has 6 nitrogen and oxygen atoms in total. The standard InChI is InChI=1S/C21H23ClF2N4O2/c1-3-30-7-6-28-19-9-14(13-4-5-16(23)17(24)8-13)15(22)10-18(19)27-20(28)11-26-12(2)21(25)29/h4-5,8-10,12,26H,3,6-7,11H2,1-2H3,(H2,25,29)/t12-/m0/s1. The second kappa shape index (κ2) is 9.51. The number of fused-ring (bicyclic) bond motifs is 1. The lowest BCUT2D eigenvalue weighted by Gasteiger charge is -2.13. The van der Waals surface area contributed by atoms with Crippen LogP contribution in [0.5, 0.6) is 0 Å². The SMILES string of the molecule is CCOCCn1c(CN[C@@H](C)C(N)=O)nc2cc(Cl)c(-c3ccc(F)c(F)c3)cc21. The van der Waals surface area contributed by atoms with Gasteiger partial charge in [-0.1, -0.05) is 17.7 Å². The average molecular weight is 437 g/mol. The van der Waals surface area contributed by atoms with Crippen LogP contribution in [0.15, 0.2) is 30.3 Å². The lowest BCUT2D eigenvalue weighted by Crippen LogP contribution is -2.38. The summed E-state index contributed by atoms with van der Waals surface area (Å²) < 4.78 is 34.5. The molecule has 1 atom stereocenters. The molecule has 1 amide bonds. The smallest absolute Gasteiger partial charge is 0.234 e. The molecule has 0 unspecified atom stereocenters. The Labute approximate surface area is 178 Å². The van der Waals surface area contributed by atoms with Crippen molar-refractivity contribution in [1.82, 2.24) is 14.9 Å². The predicted molar refractivity (Wildman–Crippen MR) is 112 cm³/mol. The highest BCUT2D eigenvalue weighted by Crippen LogP contribution is 2.33. The zero-order valence-corrected chi connectivity index (χ0v) is 17.5. The van der Waals surface area contributed by atoms with Gasteiger partial charge in [0.05, 0.1) is 35.2 Å². The van der Waals surface area contributed by atoms with Crippen molar-refractivity contribution in [3.05, 3.63) is 52.8 Å². The molecule has 1 heterocycles. The summed E-state index contributed by atoms with van der Waals surface area (Å²) in [6, 6.07) is 6.61. The molecule has 2 aromatic carbocycles. The molecule has 3 rings (SSSR count). The molecular weight excluding hydrogens is 414 g/mol. The maximum Gasteiger partial charge on any atom is 0.234 e. The van der Waals surface area contributed by atoms with E-state index in [4.69, 9.17) is 22.1 Å². The highest BCUT2D eigenvalue weighted by molar-refractivity contribution is 6.34. The van der Waals surface area contributed by atoms with Gasteiger partial charge in [0, 0.05) is 18.7 Å². The first-order valence-electron chi connectivity index (χ1n) is 9.56. The summed E-state index contributed by atoms with van der Waals surface area (Å²) in [5.74, 6) is -1.65. The van der Waals surface area contributed by atoms with E-state index in [-0.39, 0.29) is 0 Å². The summed E-state index contributed by atoms with van der Waals surface area (Å²) in [7, 11) is 0. The van der Waals surface area contributed by atoms with Gasteiger partial charge in [0.1, 0.15) is 5.82 Å². The number of benzene rings is 2. The first-order chi connectivity index (χ1) is 14.3. The highest BCUT2D eigenvalue weighted by atomic mass is 35.5. The molecule has 0 aliphatic rings. The lowest BCUT2D eigenvalue weighted by atomic mass is 10.0.